The van der Waals surface area contributed by atoms with Gasteiger partial charge >= 0.3 is 0 Å². The Hall–Kier alpha value is -2.69. The monoisotopic (exact) mass is 284 g/mol. The van der Waals surface area contributed by atoms with E-state index in [1.54, 1.807) is 19.2 Å². The van der Waals surface area contributed by atoms with Gasteiger partial charge in [-0.15, -0.1) is 0 Å². The van der Waals surface area contributed by atoms with Crippen molar-refractivity contribution >= 4 is 10.8 Å². The summed E-state index contributed by atoms with van der Waals surface area (Å²) in [6.45, 7) is 1.94. The first-order valence-corrected chi connectivity index (χ1v) is 6.43. The number of ether oxygens (including phenoxy) is 1. The van der Waals surface area contributed by atoms with Gasteiger partial charge in [0, 0.05) is 5.56 Å². The highest BCUT2D eigenvalue weighted by Gasteiger charge is 2.16. The first-order chi connectivity index (χ1) is 10.1. The normalized spacial score (nSPS) is 10.8. The second kappa shape index (κ2) is 5.01. The van der Waals surface area contributed by atoms with Crippen molar-refractivity contribution in [1.29, 1.82) is 0 Å². The van der Waals surface area contributed by atoms with E-state index in [0.29, 0.717) is 17.0 Å². The van der Waals surface area contributed by atoms with Gasteiger partial charge in [-0.2, -0.15) is 5.10 Å². The van der Waals surface area contributed by atoms with Crippen molar-refractivity contribution in [3.8, 4) is 17.0 Å². The molecule has 0 bridgehead atoms. The molecular formula is C16H13FN2O2. The van der Waals surface area contributed by atoms with Crippen molar-refractivity contribution in [1.82, 2.24) is 10.2 Å². The van der Waals surface area contributed by atoms with E-state index in [2.05, 4.69) is 10.2 Å². The summed E-state index contributed by atoms with van der Waals surface area (Å²) in [5, 5.41) is 6.89. The van der Waals surface area contributed by atoms with E-state index in [4.69, 9.17) is 4.74 Å². The van der Waals surface area contributed by atoms with Crippen molar-refractivity contribution < 1.29 is 9.13 Å². The molecule has 0 aliphatic carbocycles. The topological polar surface area (TPSA) is 55.0 Å². The lowest BCUT2D eigenvalue weighted by atomic mass is 10.0. The van der Waals surface area contributed by atoms with Crippen molar-refractivity contribution in [3.63, 3.8) is 0 Å². The van der Waals surface area contributed by atoms with Gasteiger partial charge in [-0.3, -0.25) is 4.79 Å². The first kappa shape index (κ1) is 13.3. The second-order valence-corrected chi connectivity index (χ2v) is 4.77. The lowest BCUT2D eigenvalue weighted by molar-refractivity contribution is 0.416. The third kappa shape index (κ3) is 2.16. The van der Waals surface area contributed by atoms with Crippen LogP contribution in [0.5, 0.6) is 5.75 Å². The number of hydrogen-bond acceptors (Lipinski definition) is 3. The fourth-order valence-electron chi connectivity index (χ4n) is 2.37. The molecule has 0 saturated carbocycles. The number of hydrogen-bond donors (Lipinski definition) is 1. The maximum atomic E-state index is 14.2. The molecular weight excluding hydrogens is 271 g/mol. The number of benzene rings is 2. The molecule has 1 aromatic heterocycles. The van der Waals surface area contributed by atoms with E-state index in [1.165, 1.54) is 12.1 Å². The quantitative estimate of drug-likeness (QED) is 0.787. The van der Waals surface area contributed by atoms with Gasteiger partial charge in [0.2, 0.25) is 0 Å². The van der Waals surface area contributed by atoms with Crippen molar-refractivity contribution in [2.45, 2.75) is 6.92 Å². The number of nitrogens with zero attached hydrogens (tertiary/aromatic N) is 1. The average molecular weight is 284 g/mol. The first-order valence-electron chi connectivity index (χ1n) is 6.43. The Labute approximate surface area is 120 Å². The van der Waals surface area contributed by atoms with Crippen LogP contribution in [0.15, 0.2) is 41.2 Å². The highest BCUT2D eigenvalue weighted by Crippen LogP contribution is 2.33. The Kier molecular flexibility index (Phi) is 3.17. The highest BCUT2D eigenvalue weighted by molar-refractivity contribution is 5.95. The van der Waals surface area contributed by atoms with E-state index < -0.39 is 11.4 Å². The van der Waals surface area contributed by atoms with E-state index in [9.17, 15) is 9.18 Å². The minimum absolute atomic E-state index is 0.198. The van der Waals surface area contributed by atoms with Crippen LogP contribution in [0.3, 0.4) is 0 Å². The zero-order chi connectivity index (χ0) is 15.0. The van der Waals surface area contributed by atoms with Gasteiger partial charge in [0.15, 0.2) is 0 Å². The molecule has 0 saturated heterocycles. The lowest BCUT2D eigenvalue weighted by Gasteiger charge is -2.11. The molecule has 1 heterocycles. The van der Waals surface area contributed by atoms with Gasteiger partial charge in [0.1, 0.15) is 17.3 Å². The van der Waals surface area contributed by atoms with Crippen LogP contribution in [0.4, 0.5) is 4.39 Å². The Balaban J connectivity index is 2.42. The number of aromatic amines is 1. The Bertz CT molecular complexity index is 887. The second-order valence-electron chi connectivity index (χ2n) is 4.77. The van der Waals surface area contributed by atoms with E-state index >= 15 is 0 Å². The third-order valence-electron chi connectivity index (χ3n) is 3.38. The molecule has 0 unspecified atom stereocenters. The molecule has 4 nitrogen and oxygen atoms in total. The number of fused-ring (bicyclic) bond motifs is 1. The molecule has 0 fully saturated rings. The molecule has 0 aliphatic heterocycles. The summed E-state index contributed by atoms with van der Waals surface area (Å²) in [5.74, 6) is 0.0998. The van der Waals surface area contributed by atoms with Gasteiger partial charge < -0.3 is 4.74 Å². The standard InChI is InChI=1S/C16H13FN2O2/c1-9-6-7-10(13(8-9)21-2)15-14-11(16(20)19-18-15)4-3-5-12(14)17/h3-8H,1-2H3,(H,19,20). The van der Waals surface area contributed by atoms with Gasteiger partial charge in [0.05, 0.1) is 17.9 Å². The summed E-state index contributed by atoms with van der Waals surface area (Å²) >= 11 is 0. The molecule has 5 heteroatoms. The largest absolute Gasteiger partial charge is 0.496 e. The minimum atomic E-state index is -0.483. The number of rotatable bonds is 2. The van der Waals surface area contributed by atoms with E-state index in [-0.39, 0.29) is 10.8 Å². The molecule has 0 amide bonds. The molecule has 3 aromatic rings. The molecule has 1 N–H and O–H groups in total. The third-order valence-corrected chi connectivity index (χ3v) is 3.38. The molecule has 2 aromatic carbocycles. The SMILES string of the molecule is COc1cc(C)ccc1-c1n[nH]c(=O)c2cccc(F)c12. The Morgan fingerprint density at radius 2 is 2.05 bits per heavy atom. The number of aromatic nitrogens is 2. The molecule has 0 atom stereocenters. The lowest BCUT2D eigenvalue weighted by Crippen LogP contribution is -2.10. The summed E-state index contributed by atoms with van der Waals surface area (Å²) in [6.07, 6.45) is 0. The maximum Gasteiger partial charge on any atom is 0.272 e. The van der Waals surface area contributed by atoms with Crippen LogP contribution in [-0.2, 0) is 0 Å². The fraction of sp³-hybridized carbons (Fsp3) is 0.125. The summed E-state index contributed by atoms with van der Waals surface area (Å²) < 4.78 is 19.5. The Morgan fingerprint density at radius 3 is 2.81 bits per heavy atom. The minimum Gasteiger partial charge on any atom is -0.496 e. The molecule has 0 aliphatic rings. The van der Waals surface area contributed by atoms with Gasteiger partial charge in [-0.1, -0.05) is 12.1 Å². The average Bonchev–Trinajstić information content (AvgIpc) is 2.49. The summed E-state index contributed by atoms with van der Waals surface area (Å²) in [4.78, 5) is 11.8. The van der Waals surface area contributed by atoms with Crippen LogP contribution in [0.2, 0.25) is 0 Å². The van der Waals surface area contributed by atoms with Gasteiger partial charge in [-0.25, -0.2) is 9.49 Å². The molecule has 21 heavy (non-hydrogen) atoms. The zero-order valence-corrected chi connectivity index (χ0v) is 11.6. The van der Waals surface area contributed by atoms with E-state index in [0.717, 1.165) is 5.56 Å². The zero-order valence-electron chi connectivity index (χ0n) is 11.6. The molecule has 106 valence electrons. The van der Waals surface area contributed by atoms with Gasteiger partial charge in [0.25, 0.3) is 5.56 Å². The van der Waals surface area contributed by atoms with Crippen LogP contribution in [0.25, 0.3) is 22.0 Å². The predicted octanol–water partition coefficient (Wildman–Crippen LogP) is 3.05. The van der Waals surface area contributed by atoms with Crippen LogP contribution in [0.1, 0.15) is 5.56 Å². The molecule has 3 rings (SSSR count). The number of aryl methyl sites for hydroxylation is 1. The predicted molar refractivity (Wildman–Crippen MR) is 79.0 cm³/mol. The molecule has 0 radical (unpaired) electrons. The fourth-order valence-corrected chi connectivity index (χ4v) is 2.37. The van der Waals surface area contributed by atoms with Crippen LogP contribution < -0.4 is 10.3 Å². The summed E-state index contributed by atoms with van der Waals surface area (Å²) in [5.41, 5.74) is 1.60. The smallest absolute Gasteiger partial charge is 0.272 e. The van der Waals surface area contributed by atoms with Crippen molar-refractivity contribution in [2.24, 2.45) is 0 Å². The highest BCUT2D eigenvalue weighted by atomic mass is 19.1. The number of methoxy groups -OCH3 is 1. The number of nitrogens with one attached hydrogen (secondary N) is 1. The van der Waals surface area contributed by atoms with Crippen LogP contribution in [-0.4, -0.2) is 17.3 Å². The van der Waals surface area contributed by atoms with Crippen molar-refractivity contribution in [2.75, 3.05) is 7.11 Å². The molecule has 0 spiro atoms. The number of H-pyrrole nitrogens is 1. The summed E-state index contributed by atoms with van der Waals surface area (Å²) in [6, 6.07) is 9.92. The van der Waals surface area contributed by atoms with Gasteiger partial charge in [-0.05, 0) is 36.8 Å². The number of halogens is 1. The van der Waals surface area contributed by atoms with E-state index in [1.807, 2.05) is 19.1 Å². The van der Waals surface area contributed by atoms with Crippen molar-refractivity contribution in [3.05, 3.63) is 58.1 Å². The van der Waals surface area contributed by atoms with Crippen LogP contribution in [0, 0.1) is 12.7 Å². The summed E-state index contributed by atoms with van der Waals surface area (Å²) in [7, 11) is 1.54. The van der Waals surface area contributed by atoms with Crippen LogP contribution >= 0.6 is 0 Å². The maximum absolute atomic E-state index is 14.2. The Morgan fingerprint density at radius 1 is 1.24 bits per heavy atom.